The van der Waals surface area contributed by atoms with E-state index >= 15 is 0 Å². The summed E-state index contributed by atoms with van der Waals surface area (Å²) in [6.45, 7) is -0.350. The van der Waals surface area contributed by atoms with Crippen LogP contribution in [0.2, 0.25) is 0 Å². The quantitative estimate of drug-likeness (QED) is 0.0482. The first-order valence-electron chi connectivity index (χ1n) is 26.1. The van der Waals surface area contributed by atoms with Gasteiger partial charge in [-0.3, -0.25) is 0 Å². The van der Waals surface area contributed by atoms with Crippen LogP contribution in [-0.4, -0.2) is 112 Å². The van der Waals surface area contributed by atoms with Gasteiger partial charge in [-0.25, -0.2) is 24.0 Å². The highest BCUT2D eigenvalue weighted by Crippen LogP contribution is 2.33. The van der Waals surface area contributed by atoms with E-state index in [0.29, 0.717) is 0 Å². The summed E-state index contributed by atoms with van der Waals surface area (Å²) in [4.78, 5) is 70.6. The Bertz CT molecular complexity index is 3060. The van der Waals surface area contributed by atoms with E-state index in [0.717, 1.165) is 16.7 Å². The summed E-state index contributed by atoms with van der Waals surface area (Å²) in [7, 11) is 1.48. The van der Waals surface area contributed by atoms with Crippen LogP contribution < -0.4 is 10.6 Å². The van der Waals surface area contributed by atoms with Crippen molar-refractivity contribution in [2.75, 3.05) is 20.3 Å². The van der Waals surface area contributed by atoms with Crippen LogP contribution in [0.25, 0.3) is 0 Å². The molecule has 17 nitrogen and oxygen atoms in total. The van der Waals surface area contributed by atoms with E-state index in [1.54, 1.807) is 84.9 Å². The molecule has 9 rings (SSSR count). The van der Waals surface area contributed by atoms with Crippen molar-refractivity contribution in [3.8, 4) is 0 Å². The van der Waals surface area contributed by atoms with E-state index in [9.17, 15) is 24.0 Å². The fourth-order valence-corrected chi connectivity index (χ4v) is 9.16. The van der Waals surface area contributed by atoms with E-state index in [2.05, 4.69) is 10.6 Å². The molecule has 2 fully saturated rings. The summed E-state index contributed by atoms with van der Waals surface area (Å²) in [5.41, 5.74) is 3.16. The summed E-state index contributed by atoms with van der Waals surface area (Å²) in [6.07, 6.45) is -12.8. The highest BCUT2D eigenvalue weighted by Gasteiger charge is 2.54. The Morgan fingerprint density at radius 3 is 1.21 bits per heavy atom. The lowest BCUT2D eigenvalue weighted by Crippen LogP contribution is -2.67. The highest BCUT2D eigenvalue weighted by atomic mass is 16.7. The molecular weight excluding hydrogens is 1020 g/mol. The molecule has 0 bridgehead atoms. The van der Waals surface area contributed by atoms with Crippen LogP contribution in [0.15, 0.2) is 212 Å². The van der Waals surface area contributed by atoms with Crippen LogP contribution in [-0.2, 0) is 67.2 Å². The van der Waals surface area contributed by atoms with Gasteiger partial charge in [0, 0.05) is 13.7 Å². The van der Waals surface area contributed by atoms with Crippen molar-refractivity contribution in [1.82, 2.24) is 10.6 Å². The van der Waals surface area contributed by atoms with Crippen molar-refractivity contribution in [3.63, 3.8) is 0 Å². The Balaban J connectivity index is 1.04. The molecule has 2 N–H and O–H groups in total. The molecule has 17 heteroatoms. The minimum absolute atomic E-state index is 0.0965. The molecule has 0 aromatic heterocycles. The lowest BCUT2D eigenvalue weighted by atomic mass is 9.96. The largest absolute Gasteiger partial charge is 0.459 e. The van der Waals surface area contributed by atoms with Crippen LogP contribution in [0.3, 0.4) is 0 Å². The van der Waals surface area contributed by atoms with Gasteiger partial charge in [-0.1, -0.05) is 164 Å². The second-order valence-electron chi connectivity index (χ2n) is 18.7. The first-order chi connectivity index (χ1) is 39.2. The molecule has 0 radical (unpaired) electrons. The number of hydrogen-bond donors (Lipinski definition) is 2. The number of carbonyl (C=O) groups is 5. The number of rotatable bonds is 22. The fourth-order valence-electron chi connectivity index (χ4n) is 9.16. The fraction of sp³-hybridized carbons (Fsp3) is 0.254. The average Bonchev–Trinajstić information content (AvgIpc) is 3.52. The Morgan fingerprint density at radius 2 is 0.775 bits per heavy atom. The number of hydrogen-bond acceptors (Lipinski definition) is 15. The van der Waals surface area contributed by atoms with Gasteiger partial charge in [-0.05, 0) is 65.2 Å². The van der Waals surface area contributed by atoms with Crippen LogP contribution >= 0.6 is 0 Å². The number of nitrogens with one attached hydrogen (secondary N) is 2. The lowest BCUT2D eigenvalue weighted by molar-refractivity contribution is -0.316. The van der Waals surface area contributed by atoms with Crippen LogP contribution in [0, 0.1) is 0 Å². The molecule has 2 aliphatic heterocycles. The molecule has 0 saturated carbocycles. The van der Waals surface area contributed by atoms with Crippen LogP contribution in [0.5, 0.6) is 0 Å². The third-order valence-electron chi connectivity index (χ3n) is 13.2. The summed E-state index contributed by atoms with van der Waals surface area (Å²) in [5.74, 6) is -3.44. The van der Waals surface area contributed by atoms with E-state index in [1.807, 2.05) is 91.0 Å². The summed E-state index contributed by atoms with van der Waals surface area (Å²) >= 11 is 0. The molecular formula is C63H60N2O15. The normalized spacial score (nSPS) is 22.4. The van der Waals surface area contributed by atoms with E-state index in [-0.39, 0.29) is 48.6 Å². The van der Waals surface area contributed by atoms with Gasteiger partial charge in [-0.15, -0.1) is 0 Å². The van der Waals surface area contributed by atoms with Crippen LogP contribution in [0.4, 0.5) is 4.79 Å². The first-order valence-corrected chi connectivity index (χ1v) is 26.1. The van der Waals surface area contributed by atoms with Crippen molar-refractivity contribution < 1.29 is 71.3 Å². The van der Waals surface area contributed by atoms with Crippen molar-refractivity contribution in [2.45, 2.75) is 81.2 Å². The standard InChI is InChI=1S/C63H60N2O15/c1-71-62-56(74-40-44-27-13-4-14-28-44)53(73-39-43-25-11-3-12-26-43)51(72-38-42-23-9-2-10-24-42)49(77-62)37-64-63(70)65-57-55(80-61(69)48-35-21-8-22-36-48)54(79-60(68)47-33-19-7-20-34-47)52(78-59(67)46-31-17-6-18-32-46)50(76-57)41-75-58(66)45-29-15-5-16-30-45/h2-36,49-57,62H,37-41H2,1H3,(H2,64,65,70)/t49-,50-,51-,52-,53+,54+,55+,56+,57+,62+/m1/s1. The number of esters is 4. The number of methoxy groups -OCH3 is 1. The molecule has 412 valence electrons. The SMILES string of the molecule is CO[C@H]1O[C@H](CNC(=O)N[C@H]2O[C@H](COC(=O)c3ccccc3)[C@@H](OC(=O)c3ccccc3)[C@H](OC(=O)c3ccccc3)[C@@H]2OC(=O)c2ccccc2)[C@@H](OCc2ccccc2)[C@H](OCc2ccccc2)[C@@H]1OCc1ccccc1. The molecule has 0 spiro atoms. The van der Waals surface area contributed by atoms with E-state index in [1.165, 1.54) is 43.5 Å². The van der Waals surface area contributed by atoms with Gasteiger partial charge in [0.1, 0.15) is 37.1 Å². The molecule has 0 aliphatic carbocycles. The first kappa shape index (κ1) is 56.2. The van der Waals surface area contributed by atoms with Gasteiger partial charge in [0.2, 0.25) is 0 Å². The zero-order chi connectivity index (χ0) is 55.5. The summed E-state index contributed by atoms with van der Waals surface area (Å²) in [5, 5.41) is 5.63. The average molecular weight is 1090 g/mol. The molecule has 7 aromatic carbocycles. The van der Waals surface area contributed by atoms with E-state index < -0.39 is 97.9 Å². The third-order valence-corrected chi connectivity index (χ3v) is 13.2. The minimum atomic E-state index is -1.74. The van der Waals surface area contributed by atoms with Gasteiger partial charge in [0.15, 0.2) is 30.8 Å². The maximum Gasteiger partial charge on any atom is 0.338 e. The smallest absolute Gasteiger partial charge is 0.338 e. The number of urea groups is 1. The molecule has 80 heavy (non-hydrogen) atoms. The van der Waals surface area contributed by atoms with Gasteiger partial charge in [0.05, 0.1) is 42.1 Å². The number of carbonyl (C=O) groups excluding carboxylic acids is 5. The molecule has 7 aromatic rings. The molecule has 2 amide bonds. The zero-order valence-corrected chi connectivity index (χ0v) is 43.6. The Hall–Kier alpha value is -8.55. The number of ether oxygens (including phenoxy) is 10. The van der Waals surface area contributed by atoms with Crippen molar-refractivity contribution in [1.29, 1.82) is 0 Å². The number of amides is 2. The van der Waals surface area contributed by atoms with Gasteiger partial charge in [-0.2, -0.15) is 0 Å². The Labute approximate surface area is 462 Å². The maximum atomic E-state index is 14.7. The molecule has 2 heterocycles. The zero-order valence-electron chi connectivity index (χ0n) is 43.6. The molecule has 10 atom stereocenters. The van der Waals surface area contributed by atoms with Crippen molar-refractivity contribution in [2.24, 2.45) is 0 Å². The monoisotopic (exact) mass is 1080 g/mol. The molecule has 0 unspecified atom stereocenters. The predicted octanol–water partition coefficient (Wildman–Crippen LogP) is 8.67. The number of benzene rings is 7. The van der Waals surface area contributed by atoms with Crippen LogP contribution in [0.1, 0.15) is 58.1 Å². The van der Waals surface area contributed by atoms with Gasteiger partial charge < -0.3 is 58.0 Å². The summed E-state index contributed by atoms with van der Waals surface area (Å²) < 4.78 is 63.6. The highest BCUT2D eigenvalue weighted by molar-refractivity contribution is 5.91. The predicted molar refractivity (Wildman–Crippen MR) is 290 cm³/mol. The lowest BCUT2D eigenvalue weighted by Gasteiger charge is -2.46. The molecule has 2 aliphatic rings. The van der Waals surface area contributed by atoms with Crippen molar-refractivity contribution in [3.05, 3.63) is 251 Å². The summed E-state index contributed by atoms with van der Waals surface area (Å²) in [6, 6.07) is 60.0. The van der Waals surface area contributed by atoms with Crippen molar-refractivity contribution >= 4 is 29.9 Å². The second kappa shape index (κ2) is 28.4. The van der Waals surface area contributed by atoms with E-state index in [4.69, 9.17) is 47.4 Å². The topological polar surface area (TPSA) is 202 Å². The Kier molecular flexibility index (Phi) is 19.9. The third kappa shape index (κ3) is 15.2. The Morgan fingerprint density at radius 1 is 0.400 bits per heavy atom. The minimum Gasteiger partial charge on any atom is -0.459 e. The second-order valence-corrected chi connectivity index (χ2v) is 18.7. The maximum absolute atomic E-state index is 14.7. The molecule has 2 saturated heterocycles. The van der Waals surface area contributed by atoms with Gasteiger partial charge in [0.25, 0.3) is 0 Å². The van der Waals surface area contributed by atoms with Gasteiger partial charge >= 0.3 is 29.9 Å².